The van der Waals surface area contributed by atoms with E-state index in [1.165, 1.54) is 7.11 Å². The van der Waals surface area contributed by atoms with Crippen LogP contribution in [0.1, 0.15) is 19.8 Å². The summed E-state index contributed by atoms with van der Waals surface area (Å²) in [6.07, 6.45) is 2.13. The van der Waals surface area contributed by atoms with E-state index >= 15 is 0 Å². The standard InChI is InChI=1S/C9H16N2O2/c1-7(9(12)13-2)6-11-8-4-3-5-10-8/h7H,3-6H2,1-2H3,(H,10,11). The molecule has 0 spiro atoms. The minimum atomic E-state index is -0.175. The number of carbonyl (C=O) groups is 1. The molecule has 1 rings (SSSR count). The second-order valence-corrected chi connectivity index (χ2v) is 3.24. The average molecular weight is 184 g/mol. The van der Waals surface area contributed by atoms with Gasteiger partial charge in [0.15, 0.2) is 0 Å². The van der Waals surface area contributed by atoms with Crippen molar-refractivity contribution in [2.24, 2.45) is 10.9 Å². The van der Waals surface area contributed by atoms with Gasteiger partial charge in [-0.15, -0.1) is 0 Å². The quantitative estimate of drug-likeness (QED) is 0.653. The van der Waals surface area contributed by atoms with Gasteiger partial charge in [-0.1, -0.05) is 6.92 Å². The fraction of sp³-hybridized carbons (Fsp3) is 0.778. The van der Waals surface area contributed by atoms with E-state index in [4.69, 9.17) is 0 Å². The van der Waals surface area contributed by atoms with Gasteiger partial charge in [-0.05, 0) is 6.42 Å². The summed E-state index contributed by atoms with van der Waals surface area (Å²) in [6, 6.07) is 0. The maximum absolute atomic E-state index is 11.0. The maximum Gasteiger partial charge on any atom is 0.310 e. The fourth-order valence-corrected chi connectivity index (χ4v) is 1.24. The van der Waals surface area contributed by atoms with E-state index in [9.17, 15) is 4.79 Å². The third-order valence-electron chi connectivity index (χ3n) is 2.09. The van der Waals surface area contributed by atoms with E-state index in [1.54, 1.807) is 0 Å². The zero-order chi connectivity index (χ0) is 9.68. The number of aliphatic imine (C=N–C) groups is 1. The van der Waals surface area contributed by atoms with Crippen LogP contribution >= 0.6 is 0 Å². The van der Waals surface area contributed by atoms with E-state index in [0.29, 0.717) is 6.54 Å². The van der Waals surface area contributed by atoms with E-state index < -0.39 is 0 Å². The molecule has 4 heteroatoms. The zero-order valence-corrected chi connectivity index (χ0v) is 8.17. The molecule has 0 saturated heterocycles. The van der Waals surface area contributed by atoms with Crippen LogP contribution in [0.5, 0.6) is 0 Å². The molecule has 1 unspecified atom stereocenters. The molecule has 1 aliphatic heterocycles. The number of methoxy groups -OCH3 is 1. The smallest absolute Gasteiger partial charge is 0.310 e. The maximum atomic E-state index is 11.0. The third kappa shape index (κ3) is 3.05. The molecule has 1 aliphatic rings. The van der Waals surface area contributed by atoms with Crippen LogP contribution in [0.15, 0.2) is 4.99 Å². The first-order valence-electron chi connectivity index (χ1n) is 4.59. The second-order valence-electron chi connectivity index (χ2n) is 3.24. The molecule has 0 aromatic carbocycles. The average Bonchev–Trinajstić information content (AvgIpc) is 2.65. The summed E-state index contributed by atoms with van der Waals surface area (Å²) in [7, 11) is 1.41. The van der Waals surface area contributed by atoms with Gasteiger partial charge >= 0.3 is 5.97 Å². The Balaban J connectivity index is 2.21. The number of amidine groups is 1. The van der Waals surface area contributed by atoms with Crippen molar-refractivity contribution in [2.75, 3.05) is 20.2 Å². The highest BCUT2D eigenvalue weighted by Crippen LogP contribution is 2.02. The summed E-state index contributed by atoms with van der Waals surface area (Å²) >= 11 is 0. The number of carbonyl (C=O) groups excluding carboxylic acids is 1. The van der Waals surface area contributed by atoms with Crippen molar-refractivity contribution in [3.05, 3.63) is 0 Å². The lowest BCUT2D eigenvalue weighted by Gasteiger charge is -2.10. The lowest BCUT2D eigenvalue weighted by Crippen LogP contribution is -2.31. The molecule has 0 aliphatic carbocycles. The fourth-order valence-electron chi connectivity index (χ4n) is 1.24. The van der Waals surface area contributed by atoms with Gasteiger partial charge in [0.1, 0.15) is 0 Å². The SMILES string of the molecule is COC(=O)C(C)CNC1=NCCC1. The van der Waals surface area contributed by atoms with E-state index in [-0.39, 0.29) is 11.9 Å². The molecular formula is C9H16N2O2. The van der Waals surface area contributed by atoms with Crippen molar-refractivity contribution >= 4 is 11.8 Å². The first kappa shape index (κ1) is 10.0. The summed E-state index contributed by atoms with van der Waals surface area (Å²) in [5.74, 6) is 0.746. The Morgan fingerprint density at radius 2 is 2.54 bits per heavy atom. The lowest BCUT2D eigenvalue weighted by atomic mass is 10.2. The van der Waals surface area contributed by atoms with E-state index in [0.717, 1.165) is 25.2 Å². The Kier molecular flexibility index (Phi) is 3.73. The summed E-state index contributed by atoms with van der Waals surface area (Å²) in [4.78, 5) is 15.3. The van der Waals surface area contributed by atoms with Crippen LogP contribution in [0, 0.1) is 5.92 Å². The van der Waals surface area contributed by atoms with E-state index in [1.807, 2.05) is 6.92 Å². The summed E-state index contributed by atoms with van der Waals surface area (Å²) < 4.78 is 4.61. The monoisotopic (exact) mass is 184 g/mol. The Morgan fingerprint density at radius 1 is 1.77 bits per heavy atom. The first-order valence-corrected chi connectivity index (χ1v) is 4.59. The molecular weight excluding hydrogens is 168 g/mol. The Morgan fingerprint density at radius 3 is 3.08 bits per heavy atom. The Hall–Kier alpha value is -1.06. The largest absolute Gasteiger partial charge is 0.469 e. The molecule has 0 bridgehead atoms. The van der Waals surface area contributed by atoms with Gasteiger partial charge in [0, 0.05) is 19.5 Å². The predicted octanol–water partition coefficient (Wildman–Crippen LogP) is 0.577. The van der Waals surface area contributed by atoms with Gasteiger partial charge in [-0.2, -0.15) is 0 Å². The van der Waals surface area contributed by atoms with Gasteiger partial charge in [-0.25, -0.2) is 0 Å². The topological polar surface area (TPSA) is 50.7 Å². The van der Waals surface area contributed by atoms with Crippen LogP contribution in [0.4, 0.5) is 0 Å². The highest BCUT2D eigenvalue weighted by atomic mass is 16.5. The highest BCUT2D eigenvalue weighted by molar-refractivity contribution is 5.84. The Labute approximate surface area is 78.4 Å². The molecule has 0 aromatic rings. The van der Waals surface area contributed by atoms with Crippen LogP contribution in [-0.2, 0) is 9.53 Å². The number of hydrogen-bond acceptors (Lipinski definition) is 4. The molecule has 74 valence electrons. The van der Waals surface area contributed by atoms with Crippen molar-refractivity contribution in [1.29, 1.82) is 0 Å². The number of ether oxygens (including phenoxy) is 1. The minimum Gasteiger partial charge on any atom is -0.469 e. The van der Waals surface area contributed by atoms with Crippen molar-refractivity contribution < 1.29 is 9.53 Å². The van der Waals surface area contributed by atoms with Crippen LogP contribution in [0.25, 0.3) is 0 Å². The summed E-state index contributed by atoms with van der Waals surface area (Å²) in [5, 5.41) is 3.15. The van der Waals surface area contributed by atoms with Gasteiger partial charge in [0.2, 0.25) is 0 Å². The van der Waals surface area contributed by atoms with Gasteiger partial charge in [0.05, 0.1) is 18.9 Å². The van der Waals surface area contributed by atoms with Crippen LogP contribution in [0.2, 0.25) is 0 Å². The number of hydrogen-bond donors (Lipinski definition) is 1. The normalized spacial score (nSPS) is 17.8. The number of nitrogens with one attached hydrogen (secondary N) is 1. The predicted molar refractivity (Wildman–Crippen MR) is 50.7 cm³/mol. The van der Waals surface area contributed by atoms with Crippen molar-refractivity contribution in [2.45, 2.75) is 19.8 Å². The van der Waals surface area contributed by atoms with Gasteiger partial charge < -0.3 is 10.1 Å². The van der Waals surface area contributed by atoms with Crippen molar-refractivity contribution in [3.8, 4) is 0 Å². The van der Waals surface area contributed by atoms with E-state index in [2.05, 4.69) is 15.0 Å². The second kappa shape index (κ2) is 4.84. The number of rotatable bonds is 3. The molecule has 1 atom stereocenters. The molecule has 0 aromatic heterocycles. The zero-order valence-electron chi connectivity index (χ0n) is 8.17. The molecule has 0 fully saturated rings. The summed E-state index contributed by atoms with van der Waals surface area (Å²) in [5.41, 5.74) is 0. The molecule has 13 heavy (non-hydrogen) atoms. The van der Waals surface area contributed by atoms with Gasteiger partial charge in [-0.3, -0.25) is 9.79 Å². The van der Waals surface area contributed by atoms with Crippen LogP contribution < -0.4 is 5.32 Å². The van der Waals surface area contributed by atoms with Crippen molar-refractivity contribution in [1.82, 2.24) is 5.32 Å². The number of nitrogens with zero attached hydrogens (tertiary/aromatic N) is 1. The molecule has 0 saturated carbocycles. The van der Waals surface area contributed by atoms with Crippen LogP contribution in [0.3, 0.4) is 0 Å². The molecule has 0 radical (unpaired) electrons. The van der Waals surface area contributed by atoms with Crippen LogP contribution in [-0.4, -0.2) is 32.0 Å². The molecule has 1 N–H and O–H groups in total. The van der Waals surface area contributed by atoms with Crippen molar-refractivity contribution in [3.63, 3.8) is 0 Å². The number of esters is 1. The minimum absolute atomic E-state index is 0.103. The molecule has 1 heterocycles. The lowest BCUT2D eigenvalue weighted by molar-refractivity contribution is -0.144. The molecule has 4 nitrogen and oxygen atoms in total. The third-order valence-corrected chi connectivity index (χ3v) is 2.09. The Bertz CT molecular complexity index is 214. The molecule has 0 amide bonds. The summed E-state index contributed by atoms with van der Waals surface area (Å²) in [6.45, 7) is 3.37. The van der Waals surface area contributed by atoms with Gasteiger partial charge in [0.25, 0.3) is 0 Å². The highest BCUT2D eigenvalue weighted by Gasteiger charge is 2.14. The first-order chi connectivity index (χ1) is 6.24.